The second-order valence-corrected chi connectivity index (χ2v) is 6.72. The van der Waals surface area contributed by atoms with Crippen LogP contribution in [0.3, 0.4) is 0 Å². The van der Waals surface area contributed by atoms with E-state index in [1.54, 1.807) is 0 Å². The fourth-order valence-corrected chi connectivity index (χ4v) is 4.15. The molecule has 2 aromatic rings. The van der Waals surface area contributed by atoms with Crippen LogP contribution in [0.2, 0.25) is 0 Å². The number of thioether (sulfide) groups is 1. The molecule has 0 amide bonds. The minimum atomic E-state index is -0.191. The molecule has 0 fully saturated rings. The molecule has 1 aliphatic heterocycles. The minimum absolute atomic E-state index is 0.132. The zero-order valence-electron chi connectivity index (χ0n) is 11.3. The summed E-state index contributed by atoms with van der Waals surface area (Å²) in [5.41, 5.74) is 8.80. The van der Waals surface area contributed by atoms with Crippen molar-refractivity contribution in [3.63, 3.8) is 0 Å². The van der Waals surface area contributed by atoms with Gasteiger partial charge in [0.15, 0.2) is 0 Å². The van der Waals surface area contributed by atoms with E-state index in [1.165, 1.54) is 22.6 Å². The van der Waals surface area contributed by atoms with Crippen LogP contribution in [-0.2, 0) is 12.8 Å². The van der Waals surface area contributed by atoms with Gasteiger partial charge in [-0.1, -0.05) is 30.3 Å². The lowest BCUT2D eigenvalue weighted by Gasteiger charge is -2.16. The molecule has 0 radical (unpaired) electrons. The van der Waals surface area contributed by atoms with Crippen molar-refractivity contribution in [3.8, 4) is 0 Å². The van der Waals surface area contributed by atoms with Crippen LogP contribution in [0.5, 0.6) is 0 Å². The van der Waals surface area contributed by atoms with Crippen LogP contribution in [0.1, 0.15) is 17.5 Å². The molecule has 20 heavy (non-hydrogen) atoms. The predicted octanol–water partition coefficient (Wildman–Crippen LogP) is 3.80. The predicted molar refractivity (Wildman–Crippen MR) is 82.5 cm³/mol. The van der Waals surface area contributed by atoms with Crippen LogP contribution in [0, 0.1) is 5.82 Å². The van der Waals surface area contributed by atoms with E-state index in [0.29, 0.717) is 5.25 Å². The Hall–Kier alpha value is -1.32. The molecule has 1 heterocycles. The van der Waals surface area contributed by atoms with E-state index in [1.807, 2.05) is 23.9 Å². The number of benzene rings is 2. The summed E-state index contributed by atoms with van der Waals surface area (Å²) in [6.07, 6.45) is 2.92. The molecule has 104 valence electrons. The highest BCUT2D eigenvalue weighted by Gasteiger charge is 2.23. The molecule has 1 aliphatic rings. The van der Waals surface area contributed by atoms with Gasteiger partial charge in [-0.3, -0.25) is 0 Å². The lowest BCUT2D eigenvalue weighted by atomic mass is 10.00. The van der Waals surface area contributed by atoms with Crippen molar-refractivity contribution >= 4 is 11.8 Å². The maximum atomic E-state index is 12.9. The van der Waals surface area contributed by atoms with Crippen molar-refractivity contribution < 1.29 is 4.39 Å². The number of halogens is 1. The average Bonchev–Trinajstić information content (AvgIpc) is 2.83. The lowest BCUT2D eigenvalue weighted by Crippen LogP contribution is -2.27. The number of rotatable bonds is 4. The van der Waals surface area contributed by atoms with Gasteiger partial charge in [0.05, 0.1) is 0 Å². The molecule has 2 N–H and O–H groups in total. The van der Waals surface area contributed by atoms with Crippen molar-refractivity contribution in [1.82, 2.24) is 0 Å². The van der Waals surface area contributed by atoms with Gasteiger partial charge in [-0.2, -0.15) is 0 Å². The zero-order chi connectivity index (χ0) is 13.9. The molecule has 2 atom stereocenters. The van der Waals surface area contributed by atoms with Gasteiger partial charge in [0.2, 0.25) is 0 Å². The average molecular weight is 287 g/mol. The third-order valence-corrected chi connectivity index (χ3v) is 5.04. The Kier molecular flexibility index (Phi) is 4.08. The van der Waals surface area contributed by atoms with Gasteiger partial charge in [0, 0.05) is 16.2 Å². The number of hydrogen-bond acceptors (Lipinski definition) is 2. The first kappa shape index (κ1) is 13.7. The van der Waals surface area contributed by atoms with Crippen molar-refractivity contribution in [2.75, 3.05) is 0 Å². The van der Waals surface area contributed by atoms with Crippen molar-refractivity contribution in [2.24, 2.45) is 5.73 Å². The topological polar surface area (TPSA) is 26.0 Å². The molecule has 3 heteroatoms. The Morgan fingerprint density at radius 2 is 1.90 bits per heavy atom. The van der Waals surface area contributed by atoms with E-state index < -0.39 is 0 Å². The van der Waals surface area contributed by atoms with Crippen molar-refractivity contribution in [2.45, 2.75) is 35.4 Å². The van der Waals surface area contributed by atoms with E-state index in [2.05, 4.69) is 24.3 Å². The highest BCUT2D eigenvalue weighted by molar-refractivity contribution is 8.00. The first-order valence-electron chi connectivity index (χ1n) is 6.95. The Bertz CT molecular complexity index is 557. The lowest BCUT2D eigenvalue weighted by molar-refractivity contribution is 0.591. The number of nitrogens with two attached hydrogens (primary N) is 1. The normalized spacial score (nSPS) is 18.8. The highest BCUT2D eigenvalue weighted by atomic mass is 32.2. The molecule has 0 saturated heterocycles. The largest absolute Gasteiger partial charge is 0.327 e. The van der Waals surface area contributed by atoms with E-state index in [0.717, 1.165) is 24.8 Å². The van der Waals surface area contributed by atoms with Crippen molar-refractivity contribution in [1.29, 1.82) is 0 Å². The molecule has 0 bridgehead atoms. The smallest absolute Gasteiger partial charge is 0.123 e. The summed E-state index contributed by atoms with van der Waals surface area (Å²) in [7, 11) is 0. The monoisotopic (exact) mass is 287 g/mol. The van der Waals surface area contributed by atoms with Gasteiger partial charge in [-0.15, -0.1) is 11.8 Å². The maximum absolute atomic E-state index is 12.9. The Labute approximate surface area is 123 Å². The number of hydrogen-bond donors (Lipinski definition) is 1. The third kappa shape index (κ3) is 3.22. The molecule has 0 aromatic heterocycles. The van der Waals surface area contributed by atoms with E-state index in [-0.39, 0.29) is 11.9 Å². The standard InChI is InChI=1S/C17H18FNS/c18-14-7-5-12(6-8-14)9-15(19)11-16-10-13-3-1-2-4-17(13)20-16/h1-8,15-16H,9-11,19H2. The van der Waals surface area contributed by atoms with Crippen LogP contribution >= 0.6 is 11.8 Å². The van der Waals surface area contributed by atoms with Crippen LogP contribution in [0.25, 0.3) is 0 Å². The molecule has 3 rings (SSSR count). The fourth-order valence-electron chi connectivity index (χ4n) is 2.73. The van der Waals surface area contributed by atoms with E-state index >= 15 is 0 Å². The summed E-state index contributed by atoms with van der Waals surface area (Å²) in [5, 5.41) is 0.572. The second-order valence-electron chi connectivity index (χ2n) is 5.38. The molecule has 1 nitrogen and oxygen atoms in total. The van der Waals surface area contributed by atoms with Crippen LogP contribution in [0.4, 0.5) is 4.39 Å². The second kappa shape index (κ2) is 5.98. The maximum Gasteiger partial charge on any atom is 0.123 e. The summed E-state index contributed by atoms with van der Waals surface area (Å²) in [6, 6.07) is 15.4. The summed E-state index contributed by atoms with van der Waals surface area (Å²) in [4.78, 5) is 1.39. The molecule has 2 unspecified atom stereocenters. The van der Waals surface area contributed by atoms with E-state index in [4.69, 9.17) is 5.73 Å². The summed E-state index contributed by atoms with van der Waals surface area (Å²) >= 11 is 1.94. The summed E-state index contributed by atoms with van der Waals surface area (Å²) < 4.78 is 12.9. The molecule has 0 saturated carbocycles. The molecular formula is C17H18FNS. The third-order valence-electron chi connectivity index (χ3n) is 3.69. The molecule has 0 spiro atoms. The summed E-state index contributed by atoms with van der Waals surface area (Å²) in [6.45, 7) is 0. The molecule has 0 aliphatic carbocycles. The van der Waals surface area contributed by atoms with Gasteiger partial charge in [0.25, 0.3) is 0 Å². The zero-order valence-corrected chi connectivity index (χ0v) is 12.1. The Morgan fingerprint density at radius 1 is 1.15 bits per heavy atom. The molecular weight excluding hydrogens is 269 g/mol. The Morgan fingerprint density at radius 3 is 2.65 bits per heavy atom. The van der Waals surface area contributed by atoms with Crippen LogP contribution in [0.15, 0.2) is 53.4 Å². The first-order valence-corrected chi connectivity index (χ1v) is 7.83. The minimum Gasteiger partial charge on any atom is -0.327 e. The fraction of sp³-hybridized carbons (Fsp3) is 0.294. The highest BCUT2D eigenvalue weighted by Crippen LogP contribution is 2.38. The van der Waals surface area contributed by atoms with Gasteiger partial charge in [-0.05, 0) is 48.6 Å². The van der Waals surface area contributed by atoms with Crippen LogP contribution in [-0.4, -0.2) is 11.3 Å². The van der Waals surface area contributed by atoms with E-state index in [9.17, 15) is 4.39 Å². The Balaban J connectivity index is 1.55. The van der Waals surface area contributed by atoms with Gasteiger partial charge >= 0.3 is 0 Å². The SMILES string of the molecule is NC(Cc1ccc(F)cc1)CC1Cc2ccccc2S1. The summed E-state index contributed by atoms with van der Waals surface area (Å²) in [5.74, 6) is -0.191. The number of fused-ring (bicyclic) bond motifs is 1. The first-order chi connectivity index (χ1) is 9.70. The van der Waals surface area contributed by atoms with Gasteiger partial charge in [-0.25, -0.2) is 4.39 Å². The molecule has 2 aromatic carbocycles. The van der Waals surface area contributed by atoms with Gasteiger partial charge in [0.1, 0.15) is 5.82 Å². The van der Waals surface area contributed by atoms with Crippen LogP contribution < -0.4 is 5.73 Å². The van der Waals surface area contributed by atoms with Gasteiger partial charge < -0.3 is 5.73 Å². The quantitative estimate of drug-likeness (QED) is 0.925. The van der Waals surface area contributed by atoms with Crippen molar-refractivity contribution in [3.05, 3.63) is 65.5 Å².